The molecule has 2 aromatic carbocycles. The zero-order chi connectivity index (χ0) is 19.1. The van der Waals surface area contributed by atoms with Crippen molar-refractivity contribution in [3.05, 3.63) is 71.0 Å². The molecule has 1 atom stereocenters. The fraction of sp³-hybridized carbons (Fsp3) is 0.300. The van der Waals surface area contributed by atoms with Gasteiger partial charge in [-0.25, -0.2) is 4.39 Å². The molecular formula is C20H25ClFN3O2. The Bertz CT molecular complexity index is 751. The predicted molar refractivity (Wildman–Crippen MR) is 106 cm³/mol. The summed E-state index contributed by atoms with van der Waals surface area (Å²) in [6.07, 6.45) is 0. The Balaban J connectivity index is 0.00000364. The number of hydrogen-bond donors (Lipinski definition) is 2. The molecular weight excluding hydrogens is 369 g/mol. The Morgan fingerprint density at radius 3 is 2.26 bits per heavy atom. The van der Waals surface area contributed by atoms with Crippen LogP contribution in [-0.4, -0.2) is 29.8 Å². The van der Waals surface area contributed by atoms with E-state index in [0.29, 0.717) is 12.1 Å². The van der Waals surface area contributed by atoms with Crippen LogP contribution in [0.5, 0.6) is 0 Å². The SMILES string of the molecule is CCN(CC(=O)NCc1ccc(F)cc1)C(=O)C(N)c1ccc(C)cc1.Cl. The van der Waals surface area contributed by atoms with Crippen LogP contribution in [0.25, 0.3) is 0 Å². The number of carbonyl (C=O) groups is 2. The second-order valence-corrected chi connectivity index (χ2v) is 6.14. The van der Waals surface area contributed by atoms with Gasteiger partial charge in [-0.15, -0.1) is 12.4 Å². The summed E-state index contributed by atoms with van der Waals surface area (Å²) in [6.45, 7) is 4.33. The van der Waals surface area contributed by atoms with Gasteiger partial charge in [-0.1, -0.05) is 42.0 Å². The van der Waals surface area contributed by atoms with Crippen LogP contribution in [0.1, 0.15) is 29.7 Å². The summed E-state index contributed by atoms with van der Waals surface area (Å²) < 4.78 is 12.9. The molecule has 0 bridgehead atoms. The molecule has 27 heavy (non-hydrogen) atoms. The third-order valence-corrected chi connectivity index (χ3v) is 4.13. The highest BCUT2D eigenvalue weighted by atomic mass is 35.5. The number of nitrogens with zero attached hydrogens (tertiary/aromatic N) is 1. The Kier molecular flexibility index (Phi) is 8.91. The monoisotopic (exact) mass is 393 g/mol. The topological polar surface area (TPSA) is 75.4 Å². The minimum Gasteiger partial charge on any atom is -0.350 e. The van der Waals surface area contributed by atoms with Crippen LogP contribution < -0.4 is 11.1 Å². The van der Waals surface area contributed by atoms with Crippen LogP contribution in [0.2, 0.25) is 0 Å². The van der Waals surface area contributed by atoms with Crippen molar-refractivity contribution >= 4 is 24.2 Å². The molecule has 2 rings (SSSR count). The maximum atomic E-state index is 12.9. The molecule has 2 aromatic rings. The van der Waals surface area contributed by atoms with E-state index in [2.05, 4.69) is 5.32 Å². The van der Waals surface area contributed by atoms with Crippen molar-refractivity contribution in [1.29, 1.82) is 0 Å². The van der Waals surface area contributed by atoms with E-state index < -0.39 is 6.04 Å². The number of benzene rings is 2. The van der Waals surface area contributed by atoms with Gasteiger partial charge in [-0.2, -0.15) is 0 Å². The molecule has 0 radical (unpaired) electrons. The second kappa shape index (κ2) is 10.6. The number of nitrogens with one attached hydrogen (secondary N) is 1. The lowest BCUT2D eigenvalue weighted by Gasteiger charge is -2.24. The second-order valence-electron chi connectivity index (χ2n) is 6.14. The number of carbonyl (C=O) groups excluding carboxylic acids is 2. The third kappa shape index (κ3) is 6.66. The Morgan fingerprint density at radius 1 is 1.11 bits per heavy atom. The van der Waals surface area contributed by atoms with E-state index in [0.717, 1.165) is 11.1 Å². The van der Waals surface area contributed by atoms with E-state index in [4.69, 9.17) is 5.73 Å². The van der Waals surface area contributed by atoms with Crippen LogP contribution in [-0.2, 0) is 16.1 Å². The highest BCUT2D eigenvalue weighted by molar-refractivity contribution is 5.88. The molecule has 0 spiro atoms. The first-order valence-electron chi connectivity index (χ1n) is 8.52. The summed E-state index contributed by atoms with van der Waals surface area (Å²) in [5, 5.41) is 2.73. The fourth-order valence-corrected chi connectivity index (χ4v) is 2.49. The average molecular weight is 394 g/mol. The first-order valence-corrected chi connectivity index (χ1v) is 8.52. The number of nitrogens with two attached hydrogens (primary N) is 1. The van der Waals surface area contributed by atoms with Crippen LogP contribution >= 0.6 is 12.4 Å². The van der Waals surface area contributed by atoms with Gasteiger partial charge in [0.15, 0.2) is 0 Å². The molecule has 0 heterocycles. The number of halogens is 2. The number of amides is 2. The molecule has 0 saturated carbocycles. The van der Waals surface area contributed by atoms with Crippen molar-refractivity contribution < 1.29 is 14.0 Å². The maximum Gasteiger partial charge on any atom is 0.244 e. The highest BCUT2D eigenvalue weighted by Gasteiger charge is 2.23. The van der Waals surface area contributed by atoms with Crippen molar-refractivity contribution in [2.24, 2.45) is 5.73 Å². The van der Waals surface area contributed by atoms with Crippen molar-refractivity contribution in [2.75, 3.05) is 13.1 Å². The average Bonchev–Trinajstić information content (AvgIpc) is 2.65. The van der Waals surface area contributed by atoms with Gasteiger partial charge in [0, 0.05) is 13.1 Å². The van der Waals surface area contributed by atoms with Gasteiger partial charge in [-0.3, -0.25) is 9.59 Å². The van der Waals surface area contributed by atoms with Crippen molar-refractivity contribution in [2.45, 2.75) is 26.4 Å². The lowest BCUT2D eigenvalue weighted by molar-refractivity contribution is -0.137. The summed E-state index contributed by atoms with van der Waals surface area (Å²) in [5.74, 6) is -0.915. The highest BCUT2D eigenvalue weighted by Crippen LogP contribution is 2.14. The van der Waals surface area contributed by atoms with Crippen LogP contribution in [0.3, 0.4) is 0 Å². The van der Waals surface area contributed by atoms with Crippen molar-refractivity contribution in [3.63, 3.8) is 0 Å². The largest absolute Gasteiger partial charge is 0.350 e. The molecule has 0 fully saturated rings. The van der Waals surface area contributed by atoms with E-state index in [1.54, 1.807) is 19.1 Å². The van der Waals surface area contributed by atoms with Crippen LogP contribution in [0, 0.1) is 12.7 Å². The lowest BCUT2D eigenvalue weighted by atomic mass is 10.0. The first-order chi connectivity index (χ1) is 12.4. The summed E-state index contributed by atoms with van der Waals surface area (Å²) in [7, 11) is 0. The zero-order valence-corrected chi connectivity index (χ0v) is 16.3. The van der Waals surface area contributed by atoms with Crippen LogP contribution in [0.4, 0.5) is 4.39 Å². The Labute approximate surface area is 165 Å². The van der Waals surface area contributed by atoms with Gasteiger partial charge >= 0.3 is 0 Å². The molecule has 2 amide bonds. The minimum atomic E-state index is -0.805. The van der Waals surface area contributed by atoms with E-state index in [9.17, 15) is 14.0 Å². The van der Waals surface area contributed by atoms with Gasteiger partial charge in [0.05, 0.1) is 6.54 Å². The Morgan fingerprint density at radius 2 is 1.70 bits per heavy atom. The fourth-order valence-electron chi connectivity index (χ4n) is 2.49. The molecule has 7 heteroatoms. The molecule has 1 unspecified atom stereocenters. The predicted octanol–water partition coefficient (Wildman–Crippen LogP) is 2.72. The molecule has 0 aliphatic carbocycles. The quantitative estimate of drug-likeness (QED) is 0.759. The molecule has 5 nitrogen and oxygen atoms in total. The van der Waals surface area contributed by atoms with E-state index in [1.165, 1.54) is 17.0 Å². The molecule has 146 valence electrons. The standard InChI is InChI=1S/C20H24FN3O2.ClH/c1-3-24(20(26)19(22)16-8-4-14(2)5-9-16)13-18(25)23-12-15-6-10-17(21)11-7-15;/h4-11,19H,3,12-13,22H2,1-2H3,(H,23,25);1H. The Hall–Kier alpha value is -2.44. The molecule has 0 aliphatic rings. The van der Waals surface area contributed by atoms with Crippen LogP contribution in [0.15, 0.2) is 48.5 Å². The molecule has 3 N–H and O–H groups in total. The third-order valence-electron chi connectivity index (χ3n) is 4.13. The molecule has 0 aliphatic heterocycles. The molecule has 0 aromatic heterocycles. The van der Waals surface area contributed by atoms with E-state index in [-0.39, 0.29) is 43.1 Å². The normalized spacial score (nSPS) is 11.3. The van der Waals surface area contributed by atoms with Crippen molar-refractivity contribution in [1.82, 2.24) is 10.2 Å². The first kappa shape index (κ1) is 22.6. The summed E-state index contributed by atoms with van der Waals surface area (Å²) in [5.41, 5.74) is 8.64. The van der Waals surface area contributed by atoms with Gasteiger partial charge in [0.25, 0.3) is 0 Å². The summed E-state index contributed by atoms with van der Waals surface area (Å²) in [6, 6.07) is 12.5. The van der Waals surface area contributed by atoms with Gasteiger partial charge < -0.3 is 16.0 Å². The van der Waals surface area contributed by atoms with Gasteiger partial charge in [0.1, 0.15) is 11.9 Å². The zero-order valence-electron chi connectivity index (χ0n) is 15.4. The molecule has 0 saturated heterocycles. The van der Waals surface area contributed by atoms with E-state index >= 15 is 0 Å². The van der Waals surface area contributed by atoms with Gasteiger partial charge in [-0.05, 0) is 37.1 Å². The number of likely N-dealkylation sites (N-methyl/N-ethyl adjacent to an activating group) is 1. The minimum absolute atomic E-state index is 0. The smallest absolute Gasteiger partial charge is 0.244 e. The van der Waals surface area contributed by atoms with E-state index in [1.807, 2.05) is 31.2 Å². The lowest BCUT2D eigenvalue weighted by Crippen LogP contribution is -2.44. The maximum absolute atomic E-state index is 12.9. The number of aryl methyl sites for hydroxylation is 1. The van der Waals surface area contributed by atoms with Crippen molar-refractivity contribution in [3.8, 4) is 0 Å². The number of hydrogen-bond acceptors (Lipinski definition) is 3. The summed E-state index contributed by atoms with van der Waals surface area (Å²) >= 11 is 0. The van der Waals surface area contributed by atoms with Gasteiger partial charge in [0.2, 0.25) is 11.8 Å². The summed E-state index contributed by atoms with van der Waals surface area (Å²) in [4.78, 5) is 26.1. The number of rotatable bonds is 7.